The van der Waals surface area contributed by atoms with Crippen molar-refractivity contribution in [1.82, 2.24) is 29.9 Å². The van der Waals surface area contributed by atoms with Crippen LogP contribution in [0.2, 0.25) is 0 Å². The molecule has 0 amide bonds. The number of nitrogens with two attached hydrogens (primary N) is 2. The quantitative estimate of drug-likeness (QED) is 0.0114. The van der Waals surface area contributed by atoms with Crippen molar-refractivity contribution >= 4 is 113 Å². The normalized spacial score (nSPS) is 11.4. The van der Waals surface area contributed by atoms with Crippen molar-refractivity contribution in [3.63, 3.8) is 0 Å². The number of sulfonamides is 1. The van der Waals surface area contributed by atoms with Crippen LogP contribution in [-0.4, -0.2) is 64.3 Å². The zero-order chi connectivity index (χ0) is 49.2. The van der Waals surface area contributed by atoms with Crippen LogP contribution in [0.5, 0.6) is 0 Å². The molecule has 0 saturated heterocycles. The molecule has 0 fully saturated rings. The molecule has 68 heavy (non-hydrogen) atoms. The molecule has 28 heteroatoms. The maximum absolute atomic E-state index is 12.7. The Morgan fingerprint density at radius 1 is 0.559 bits per heavy atom. The molecule has 0 radical (unpaired) electrons. The number of nitrogens with zero attached hydrogens (tertiary/aromatic N) is 8. The second-order valence-electron chi connectivity index (χ2n) is 12.9. The van der Waals surface area contributed by atoms with Crippen molar-refractivity contribution in [1.29, 1.82) is 0 Å². The molecule has 2 heterocycles. The van der Waals surface area contributed by atoms with Crippen LogP contribution in [-0.2, 0) is 39.6 Å². The molecule has 4 aromatic carbocycles. The third kappa shape index (κ3) is 12.7. The Labute approximate surface area is 392 Å². The van der Waals surface area contributed by atoms with E-state index in [2.05, 4.69) is 84.7 Å². The Morgan fingerprint density at radius 2 is 0.912 bits per heavy atom. The summed E-state index contributed by atoms with van der Waals surface area (Å²) in [6.45, 7) is 0. The van der Waals surface area contributed by atoms with Gasteiger partial charge in [-0.25, -0.2) is 13.6 Å². The molecule has 0 aliphatic carbocycles. The zero-order valence-corrected chi connectivity index (χ0v) is 37.3. The van der Waals surface area contributed by atoms with Gasteiger partial charge in [0.1, 0.15) is 9.79 Å². The van der Waals surface area contributed by atoms with Crippen LogP contribution in [0.1, 0.15) is 11.1 Å². The molecule has 0 spiro atoms. The summed E-state index contributed by atoms with van der Waals surface area (Å²) in [7, 11) is -13.9. The Bertz CT molecular complexity index is 3420. The first-order valence-corrected chi connectivity index (χ1v) is 23.4. The highest BCUT2D eigenvalue weighted by Crippen LogP contribution is 2.30. The first-order chi connectivity index (χ1) is 32.3. The van der Waals surface area contributed by atoms with Gasteiger partial charge in [0, 0.05) is 51.8 Å². The molecule has 0 bridgehead atoms. The van der Waals surface area contributed by atoms with E-state index in [9.17, 15) is 34.4 Å². The lowest BCUT2D eigenvalue weighted by Gasteiger charge is -2.14. The molecular formula is C40H30N14O10S4. The monoisotopic (exact) mass is 994 g/mol. The SMILES string of the molecule is C#CN(C#C)c1nc(Nc2ccc(SOON)cc2)nc(Nc2ccc(C=Cc3ccc(Nc4nc(Nc5ccc(S(N)(=O)=O)cc5)nc(N(C#C)C#C)n4)cc3S(=O)(=O)O)c(S(=O)(=O)O)c2)n1. The minimum absolute atomic E-state index is 0.00539. The van der Waals surface area contributed by atoms with Gasteiger partial charge in [-0.3, -0.25) is 9.11 Å². The van der Waals surface area contributed by atoms with Crippen molar-refractivity contribution in [2.75, 3.05) is 31.1 Å². The molecule has 0 aliphatic heterocycles. The first kappa shape index (κ1) is 49.1. The van der Waals surface area contributed by atoms with E-state index in [-0.39, 0.29) is 63.1 Å². The predicted molar refractivity (Wildman–Crippen MR) is 251 cm³/mol. The highest BCUT2D eigenvalue weighted by Gasteiger charge is 2.20. The van der Waals surface area contributed by atoms with Crippen LogP contribution in [0, 0.1) is 49.9 Å². The lowest BCUT2D eigenvalue weighted by atomic mass is 10.1. The fourth-order valence-electron chi connectivity index (χ4n) is 5.48. The maximum atomic E-state index is 12.7. The van der Waals surface area contributed by atoms with Crippen LogP contribution >= 0.6 is 12.0 Å². The molecule has 6 aromatic rings. The van der Waals surface area contributed by atoms with E-state index in [0.29, 0.717) is 16.3 Å². The third-order valence-corrected chi connectivity index (χ3v) is 11.8. The summed E-state index contributed by atoms with van der Waals surface area (Å²) in [5, 5.41) is 16.6. The van der Waals surface area contributed by atoms with Gasteiger partial charge < -0.3 is 21.3 Å². The van der Waals surface area contributed by atoms with E-state index in [1.165, 1.54) is 60.7 Å². The van der Waals surface area contributed by atoms with Gasteiger partial charge in [0.15, 0.2) is 0 Å². The summed E-state index contributed by atoms with van der Waals surface area (Å²) in [4.78, 5) is 30.5. The first-order valence-electron chi connectivity index (χ1n) is 18.2. The van der Waals surface area contributed by atoms with E-state index < -0.39 is 40.1 Å². The number of nitrogens with one attached hydrogen (secondary N) is 4. The summed E-state index contributed by atoms with van der Waals surface area (Å²) in [5.74, 6) is 3.87. The molecule has 0 atom stereocenters. The molecule has 10 N–H and O–H groups in total. The maximum Gasteiger partial charge on any atom is 0.295 e. The van der Waals surface area contributed by atoms with Crippen LogP contribution in [0.4, 0.5) is 58.4 Å². The average Bonchev–Trinajstić information content (AvgIpc) is 3.28. The number of hydrogen-bond donors (Lipinski definition) is 8. The predicted octanol–water partition coefficient (Wildman–Crippen LogP) is 4.15. The van der Waals surface area contributed by atoms with Gasteiger partial charge in [-0.05, 0) is 83.9 Å². The smallest absolute Gasteiger partial charge is 0.295 e. The zero-order valence-electron chi connectivity index (χ0n) is 34.1. The second-order valence-corrected chi connectivity index (χ2v) is 18.0. The van der Waals surface area contributed by atoms with Crippen molar-refractivity contribution in [3.8, 4) is 49.9 Å². The number of hydrogen-bond acceptors (Lipinski definition) is 22. The summed E-state index contributed by atoms with van der Waals surface area (Å²) < 4.78 is 99.4. The fraction of sp³-hybridized carbons (Fsp3) is 0. The van der Waals surface area contributed by atoms with Crippen LogP contribution < -0.4 is 42.1 Å². The van der Waals surface area contributed by atoms with Gasteiger partial charge >= 0.3 is 0 Å². The highest BCUT2D eigenvalue weighted by atomic mass is 32.2. The standard InChI is InChI=1S/C40H30N14O10S4/c1-5-53(6-2)39-49-35(43-27-15-19-31(20-16-27)65-64-63-41)47-37(51-39)45-29-13-11-25(33(23-29)67(57,58)59)9-10-26-12-14-30(24-34(26)68(60,61)62)46-38-48-36(50-40(52-38)54(7-3)8-4)44-28-17-21-32(22-18-28)66(42,55)56/h1-4,9-24H,41H2,(H2,42,55,56)(H,57,58,59)(H,60,61,62)(H2,43,45,47,49,51)(H2,44,46,48,50,52). The highest BCUT2D eigenvalue weighted by molar-refractivity contribution is 7.94. The molecule has 2 aromatic heterocycles. The number of aromatic nitrogens is 6. The summed E-state index contributed by atoms with van der Waals surface area (Å²) in [5.41, 5.74) is 0.592. The number of primary sulfonamides is 1. The largest absolute Gasteiger partial charge is 0.324 e. The van der Waals surface area contributed by atoms with E-state index >= 15 is 0 Å². The van der Waals surface area contributed by atoms with E-state index in [1.54, 1.807) is 24.3 Å². The average molecular weight is 995 g/mol. The Kier molecular flexibility index (Phi) is 15.1. The van der Waals surface area contributed by atoms with Crippen molar-refractivity contribution < 1.29 is 43.7 Å². The molecular weight excluding hydrogens is 965 g/mol. The van der Waals surface area contributed by atoms with Crippen LogP contribution in [0.3, 0.4) is 0 Å². The third-order valence-electron chi connectivity index (χ3n) is 8.42. The van der Waals surface area contributed by atoms with Crippen molar-refractivity contribution in [2.24, 2.45) is 11.0 Å². The minimum atomic E-state index is -4.98. The Hall–Kier alpha value is -8.36. The summed E-state index contributed by atoms with van der Waals surface area (Å²) >= 11 is 0.855. The van der Waals surface area contributed by atoms with Crippen molar-refractivity contribution in [3.05, 3.63) is 96.1 Å². The van der Waals surface area contributed by atoms with E-state index in [4.69, 9.17) is 36.7 Å². The van der Waals surface area contributed by atoms with Gasteiger partial charge in [0.2, 0.25) is 33.8 Å². The Morgan fingerprint density at radius 3 is 1.25 bits per heavy atom. The topological polar surface area (TPSA) is 345 Å². The van der Waals surface area contributed by atoms with Crippen LogP contribution in [0.15, 0.2) is 105 Å². The fourth-order valence-corrected chi connectivity index (χ4v) is 7.78. The molecule has 0 saturated carbocycles. The number of anilines is 10. The Balaban J connectivity index is 1.29. The van der Waals surface area contributed by atoms with Gasteiger partial charge in [0.05, 0.1) is 16.9 Å². The van der Waals surface area contributed by atoms with Gasteiger partial charge in [-0.1, -0.05) is 50.0 Å². The molecule has 24 nitrogen and oxygen atoms in total. The molecule has 0 aliphatic rings. The number of benzene rings is 4. The lowest BCUT2D eigenvalue weighted by molar-refractivity contribution is -0.195. The van der Waals surface area contributed by atoms with Crippen molar-refractivity contribution in [2.45, 2.75) is 19.6 Å². The van der Waals surface area contributed by atoms with Gasteiger partial charge in [0.25, 0.3) is 32.1 Å². The van der Waals surface area contributed by atoms with Crippen LogP contribution in [0.25, 0.3) is 12.2 Å². The van der Waals surface area contributed by atoms with E-state index in [1.807, 2.05) is 0 Å². The minimum Gasteiger partial charge on any atom is -0.324 e. The summed E-state index contributed by atoms with van der Waals surface area (Å²) in [6.07, 6.45) is 24.4. The second kappa shape index (κ2) is 20.9. The molecule has 6 rings (SSSR count). The summed E-state index contributed by atoms with van der Waals surface area (Å²) in [6, 6.07) is 28.0. The molecule has 0 unspecified atom stereocenters. The van der Waals surface area contributed by atoms with Gasteiger partial charge in [-0.2, -0.15) is 62.4 Å². The number of rotatable bonds is 18. The van der Waals surface area contributed by atoms with E-state index in [0.717, 1.165) is 34.0 Å². The molecule has 344 valence electrons. The number of terminal acetylenes is 4. The lowest BCUT2D eigenvalue weighted by Crippen LogP contribution is -2.15. The van der Waals surface area contributed by atoms with Gasteiger partial charge in [-0.15, -0.1) is 9.32 Å².